The first-order valence-electron chi connectivity index (χ1n) is 8.86. The number of nitrogen functional groups attached to an aromatic ring is 1. The minimum Gasteiger partial charge on any atom is -0.490 e. The minimum atomic E-state index is 0.247. The lowest BCUT2D eigenvalue weighted by Crippen LogP contribution is -2.31. The molecule has 0 amide bonds. The highest BCUT2D eigenvalue weighted by Crippen LogP contribution is 2.34. The van der Waals surface area contributed by atoms with Gasteiger partial charge in [-0.15, -0.1) is 0 Å². The lowest BCUT2D eigenvalue weighted by atomic mass is 9.93. The number of ether oxygens (including phenoxy) is 1. The fraction of sp³-hybridized carbons (Fsp3) is 0.286. The van der Waals surface area contributed by atoms with Crippen molar-refractivity contribution >= 4 is 16.6 Å². The van der Waals surface area contributed by atoms with Crippen molar-refractivity contribution < 1.29 is 4.74 Å². The lowest BCUT2D eigenvalue weighted by Gasteiger charge is -2.27. The van der Waals surface area contributed by atoms with E-state index in [0.29, 0.717) is 11.9 Å². The maximum absolute atomic E-state index is 6.23. The molecule has 128 valence electrons. The number of pyridine rings is 1. The summed E-state index contributed by atoms with van der Waals surface area (Å²) in [5.74, 6) is 1.43. The maximum atomic E-state index is 6.23. The van der Waals surface area contributed by atoms with Gasteiger partial charge < -0.3 is 16.2 Å². The Morgan fingerprint density at radius 1 is 0.920 bits per heavy atom. The molecule has 4 N–H and O–H groups in total. The molecule has 0 saturated heterocycles. The first-order valence-corrected chi connectivity index (χ1v) is 8.86. The van der Waals surface area contributed by atoms with Gasteiger partial charge >= 0.3 is 0 Å². The second-order valence-electron chi connectivity index (χ2n) is 6.79. The van der Waals surface area contributed by atoms with E-state index >= 15 is 0 Å². The number of nitrogens with two attached hydrogens (primary N) is 2. The smallest absolute Gasteiger partial charge is 0.131 e. The Morgan fingerprint density at radius 2 is 1.68 bits per heavy atom. The summed E-state index contributed by atoms with van der Waals surface area (Å²) in [6, 6.07) is 16.7. The monoisotopic (exact) mass is 333 g/mol. The zero-order valence-corrected chi connectivity index (χ0v) is 14.2. The number of rotatable bonds is 3. The molecule has 0 unspecified atom stereocenters. The Morgan fingerprint density at radius 3 is 2.44 bits per heavy atom. The predicted molar refractivity (Wildman–Crippen MR) is 102 cm³/mol. The van der Waals surface area contributed by atoms with Gasteiger partial charge in [0.2, 0.25) is 0 Å². The van der Waals surface area contributed by atoms with E-state index in [2.05, 4.69) is 23.2 Å². The fourth-order valence-electron chi connectivity index (χ4n) is 3.56. The number of nitrogens with zero attached hydrogens (tertiary/aromatic N) is 1. The summed E-state index contributed by atoms with van der Waals surface area (Å²) in [5, 5.41) is 2.03. The SMILES string of the molecule is Nc1ncc(-c2ccccc2)c2cc(O[C@H]3CC[C@H](N)CC3)ccc12. The van der Waals surface area contributed by atoms with Crippen molar-refractivity contribution in [2.24, 2.45) is 5.73 Å². The largest absolute Gasteiger partial charge is 0.490 e. The number of benzene rings is 2. The molecule has 0 aliphatic heterocycles. The highest BCUT2D eigenvalue weighted by Gasteiger charge is 2.20. The maximum Gasteiger partial charge on any atom is 0.131 e. The van der Waals surface area contributed by atoms with Crippen LogP contribution in [0.4, 0.5) is 5.82 Å². The van der Waals surface area contributed by atoms with Crippen molar-refractivity contribution in [3.8, 4) is 16.9 Å². The van der Waals surface area contributed by atoms with Gasteiger partial charge in [0.25, 0.3) is 0 Å². The summed E-state index contributed by atoms with van der Waals surface area (Å²) >= 11 is 0. The zero-order chi connectivity index (χ0) is 17.2. The van der Waals surface area contributed by atoms with Crippen LogP contribution in [-0.2, 0) is 0 Å². The van der Waals surface area contributed by atoms with Crippen LogP contribution in [0.15, 0.2) is 54.7 Å². The molecule has 1 aromatic heterocycles. The first kappa shape index (κ1) is 15.9. The van der Waals surface area contributed by atoms with Crippen molar-refractivity contribution in [2.45, 2.75) is 37.8 Å². The van der Waals surface area contributed by atoms with E-state index in [-0.39, 0.29) is 6.10 Å². The van der Waals surface area contributed by atoms with Crippen molar-refractivity contribution in [1.82, 2.24) is 4.98 Å². The second-order valence-corrected chi connectivity index (χ2v) is 6.79. The zero-order valence-electron chi connectivity index (χ0n) is 14.2. The molecule has 4 heteroatoms. The molecule has 1 aliphatic carbocycles. The van der Waals surface area contributed by atoms with Crippen LogP contribution in [-0.4, -0.2) is 17.1 Å². The number of aromatic nitrogens is 1. The van der Waals surface area contributed by atoms with E-state index in [1.165, 1.54) is 0 Å². The summed E-state index contributed by atoms with van der Waals surface area (Å²) in [6.07, 6.45) is 6.19. The van der Waals surface area contributed by atoms with Gasteiger partial charge in [-0.1, -0.05) is 30.3 Å². The Hall–Kier alpha value is -2.59. The van der Waals surface area contributed by atoms with Crippen molar-refractivity contribution in [3.63, 3.8) is 0 Å². The molecule has 0 spiro atoms. The van der Waals surface area contributed by atoms with Crippen molar-refractivity contribution in [3.05, 3.63) is 54.7 Å². The van der Waals surface area contributed by atoms with Crippen LogP contribution in [0.2, 0.25) is 0 Å². The van der Waals surface area contributed by atoms with Gasteiger partial charge in [-0.3, -0.25) is 0 Å². The summed E-state index contributed by atoms with van der Waals surface area (Å²) in [5.41, 5.74) is 14.3. The molecule has 4 rings (SSSR count). The molecule has 25 heavy (non-hydrogen) atoms. The molecule has 3 aromatic rings. The summed E-state index contributed by atoms with van der Waals surface area (Å²) in [7, 11) is 0. The van der Waals surface area contributed by atoms with Gasteiger partial charge in [-0.25, -0.2) is 4.98 Å². The van der Waals surface area contributed by atoms with Crippen LogP contribution < -0.4 is 16.2 Å². The standard InChI is InChI=1S/C21H23N3O/c22-15-6-8-16(9-7-15)25-17-10-11-18-19(12-17)20(13-24-21(18)23)14-4-2-1-3-5-14/h1-5,10-13,15-16H,6-9,22H2,(H2,23,24)/t15-,16-. The van der Waals surface area contributed by atoms with E-state index < -0.39 is 0 Å². The third kappa shape index (κ3) is 3.30. The Kier molecular flexibility index (Phi) is 4.28. The molecule has 0 atom stereocenters. The summed E-state index contributed by atoms with van der Waals surface area (Å²) in [4.78, 5) is 4.36. The molecule has 4 nitrogen and oxygen atoms in total. The third-order valence-electron chi connectivity index (χ3n) is 5.00. The van der Waals surface area contributed by atoms with Crippen LogP contribution in [0.1, 0.15) is 25.7 Å². The van der Waals surface area contributed by atoms with E-state index in [9.17, 15) is 0 Å². The van der Waals surface area contributed by atoms with Crippen LogP contribution in [0.25, 0.3) is 21.9 Å². The van der Waals surface area contributed by atoms with Crippen molar-refractivity contribution in [2.75, 3.05) is 5.73 Å². The van der Waals surface area contributed by atoms with E-state index in [1.54, 1.807) is 0 Å². The Bertz CT molecular complexity index is 871. The van der Waals surface area contributed by atoms with E-state index in [4.69, 9.17) is 16.2 Å². The van der Waals surface area contributed by atoms with Crippen LogP contribution in [0, 0.1) is 0 Å². The van der Waals surface area contributed by atoms with Gasteiger partial charge in [-0.05, 0) is 54.8 Å². The van der Waals surface area contributed by atoms with Gasteiger partial charge in [0.05, 0.1) is 6.10 Å². The van der Waals surface area contributed by atoms with Gasteiger partial charge in [0, 0.05) is 23.2 Å². The molecule has 2 aromatic carbocycles. The molecule has 1 aliphatic rings. The first-order chi connectivity index (χ1) is 12.2. The molecule has 0 radical (unpaired) electrons. The lowest BCUT2D eigenvalue weighted by molar-refractivity contribution is 0.147. The van der Waals surface area contributed by atoms with Gasteiger partial charge in [0.15, 0.2) is 0 Å². The molecular weight excluding hydrogens is 310 g/mol. The molecule has 0 bridgehead atoms. The van der Waals surface area contributed by atoms with E-state index in [1.807, 2.05) is 36.5 Å². The third-order valence-corrected chi connectivity index (χ3v) is 5.00. The fourth-order valence-corrected chi connectivity index (χ4v) is 3.56. The number of fused-ring (bicyclic) bond motifs is 1. The number of hydrogen-bond acceptors (Lipinski definition) is 4. The highest BCUT2D eigenvalue weighted by molar-refractivity contribution is 6.01. The van der Waals surface area contributed by atoms with Crippen LogP contribution in [0.3, 0.4) is 0 Å². The van der Waals surface area contributed by atoms with Crippen LogP contribution in [0.5, 0.6) is 5.75 Å². The van der Waals surface area contributed by atoms with Crippen LogP contribution >= 0.6 is 0 Å². The normalized spacial score (nSPS) is 20.5. The number of anilines is 1. The van der Waals surface area contributed by atoms with E-state index in [0.717, 1.165) is 53.3 Å². The van der Waals surface area contributed by atoms with Gasteiger partial charge in [-0.2, -0.15) is 0 Å². The quantitative estimate of drug-likeness (QED) is 0.755. The second kappa shape index (κ2) is 6.73. The minimum absolute atomic E-state index is 0.247. The highest BCUT2D eigenvalue weighted by atomic mass is 16.5. The summed E-state index contributed by atoms with van der Waals surface area (Å²) < 4.78 is 6.23. The van der Waals surface area contributed by atoms with Gasteiger partial charge in [0.1, 0.15) is 11.6 Å². The average Bonchev–Trinajstić information content (AvgIpc) is 2.65. The Balaban J connectivity index is 1.71. The predicted octanol–water partition coefficient (Wildman–Crippen LogP) is 4.13. The molecule has 1 heterocycles. The molecular formula is C21H23N3O. The average molecular weight is 333 g/mol. The molecule has 1 fully saturated rings. The number of hydrogen-bond donors (Lipinski definition) is 2. The topological polar surface area (TPSA) is 74.2 Å². The Labute approximate surface area is 147 Å². The molecule has 1 saturated carbocycles. The summed E-state index contributed by atoms with van der Waals surface area (Å²) in [6.45, 7) is 0. The van der Waals surface area contributed by atoms with Crippen molar-refractivity contribution in [1.29, 1.82) is 0 Å².